The van der Waals surface area contributed by atoms with Crippen LogP contribution in [0.4, 0.5) is 0 Å². The maximum atomic E-state index is 9.46. The molecule has 0 saturated carbocycles. The van der Waals surface area contributed by atoms with Crippen molar-refractivity contribution >= 4 is 5.52 Å². The van der Waals surface area contributed by atoms with E-state index in [0.29, 0.717) is 17.1 Å². The Morgan fingerprint density at radius 3 is 2.69 bits per heavy atom. The highest BCUT2D eigenvalue weighted by Gasteiger charge is 2.11. The lowest BCUT2D eigenvalue weighted by atomic mass is 10.2. The smallest absolute Gasteiger partial charge is 0.321 e. The standard InChI is InChI=1S/C20H14N4O2/c21-12-18-15(13-24-10-2-1-7-19(18)24)14-25-16-5-3-6-17(11-16)26-20-22-8-4-9-23-20/h1-11,13H,14H2. The maximum Gasteiger partial charge on any atom is 0.321 e. The van der Waals surface area contributed by atoms with Crippen LogP contribution in [0.5, 0.6) is 17.5 Å². The van der Waals surface area contributed by atoms with Crippen LogP contribution in [0.3, 0.4) is 0 Å². The van der Waals surface area contributed by atoms with E-state index in [1.807, 2.05) is 47.1 Å². The Morgan fingerprint density at radius 1 is 1.00 bits per heavy atom. The van der Waals surface area contributed by atoms with Gasteiger partial charge in [-0.3, -0.25) is 0 Å². The van der Waals surface area contributed by atoms with Crippen LogP contribution in [-0.4, -0.2) is 14.4 Å². The molecule has 0 spiro atoms. The number of nitrogens with zero attached hydrogens (tertiary/aromatic N) is 4. The zero-order chi connectivity index (χ0) is 17.8. The maximum absolute atomic E-state index is 9.46. The molecule has 6 nitrogen and oxygen atoms in total. The van der Waals surface area contributed by atoms with Crippen LogP contribution >= 0.6 is 0 Å². The fourth-order valence-corrected chi connectivity index (χ4v) is 2.65. The Morgan fingerprint density at radius 2 is 1.85 bits per heavy atom. The van der Waals surface area contributed by atoms with Crippen LogP contribution in [0, 0.1) is 11.3 Å². The zero-order valence-electron chi connectivity index (χ0n) is 13.7. The fraction of sp³-hybridized carbons (Fsp3) is 0.0500. The van der Waals surface area contributed by atoms with Crippen molar-refractivity contribution in [3.63, 3.8) is 0 Å². The third-order valence-corrected chi connectivity index (χ3v) is 3.83. The molecule has 0 aliphatic rings. The van der Waals surface area contributed by atoms with Gasteiger partial charge in [0.15, 0.2) is 0 Å². The second kappa shape index (κ2) is 6.95. The van der Waals surface area contributed by atoms with Gasteiger partial charge in [0.05, 0.1) is 11.1 Å². The van der Waals surface area contributed by atoms with E-state index in [2.05, 4.69) is 16.0 Å². The number of nitriles is 1. The van der Waals surface area contributed by atoms with Gasteiger partial charge in [-0.1, -0.05) is 12.1 Å². The molecule has 0 aliphatic heterocycles. The van der Waals surface area contributed by atoms with Crippen molar-refractivity contribution in [3.8, 4) is 23.6 Å². The molecule has 0 amide bonds. The summed E-state index contributed by atoms with van der Waals surface area (Å²) in [5.41, 5.74) is 2.32. The first-order chi connectivity index (χ1) is 12.8. The van der Waals surface area contributed by atoms with E-state index in [-0.39, 0.29) is 12.6 Å². The van der Waals surface area contributed by atoms with Gasteiger partial charge in [0, 0.05) is 36.4 Å². The predicted octanol–water partition coefficient (Wildman–Crippen LogP) is 3.97. The SMILES string of the molecule is N#Cc1c(COc2cccc(Oc3ncccn3)c2)cn2ccccc12. The lowest BCUT2D eigenvalue weighted by Crippen LogP contribution is -1.96. The molecule has 4 aromatic rings. The van der Waals surface area contributed by atoms with Crippen LogP contribution in [0.1, 0.15) is 11.1 Å². The van der Waals surface area contributed by atoms with E-state index in [4.69, 9.17) is 9.47 Å². The lowest BCUT2D eigenvalue weighted by molar-refractivity contribution is 0.304. The van der Waals surface area contributed by atoms with Gasteiger partial charge in [0.2, 0.25) is 0 Å². The molecule has 6 heteroatoms. The molecule has 0 fully saturated rings. The molecule has 0 saturated heterocycles. The summed E-state index contributed by atoms with van der Waals surface area (Å²) in [6.07, 6.45) is 7.05. The van der Waals surface area contributed by atoms with E-state index < -0.39 is 0 Å². The van der Waals surface area contributed by atoms with Gasteiger partial charge in [-0.15, -0.1) is 0 Å². The third-order valence-electron chi connectivity index (χ3n) is 3.83. The van der Waals surface area contributed by atoms with E-state index in [1.165, 1.54) is 0 Å². The van der Waals surface area contributed by atoms with Crippen molar-refractivity contribution in [2.45, 2.75) is 6.61 Å². The zero-order valence-corrected chi connectivity index (χ0v) is 13.7. The number of fused-ring (bicyclic) bond motifs is 1. The summed E-state index contributed by atoms with van der Waals surface area (Å²) < 4.78 is 13.4. The largest absolute Gasteiger partial charge is 0.489 e. The van der Waals surface area contributed by atoms with Crippen molar-refractivity contribution < 1.29 is 9.47 Å². The average molecular weight is 342 g/mol. The van der Waals surface area contributed by atoms with Gasteiger partial charge in [-0.05, 0) is 30.3 Å². The van der Waals surface area contributed by atoms with E-state index in [0.717, 1.165) is 11.1 Å². The molecule has 0 atom stereocenters. The quantitative estimate of drug-likeness (QED) is 0.549. The molecule has 126 valence electrons. The summed E-state index contributed by atoms with van der Waals surface area (Å²) in [5.74, 6) is 1.22. The van der Waals surface area contributed by atoms with Gasteiger partial charge >= 0.3 is 6.01 Å². The highest BCUT2D eigenvalue weighted by molar-refractivity contribution is 5.65. The van der Waals surface area contributed by atoms with Crippen molar-refractivity contribution in [2.24, 2.45) is 0 Å². The Balaban J connectivity index is 1.52. The van der Waals surface area contributed by atoms with Crippen LogP contribution < -0.4 is 9.47 Å². The minimum absolute atomic E-state index is 0.273. The van der Waals surface area contributed by atoms with Gasteiger partial charge < -0.3 is 13.9 Å². The first kappa shape index (κ1) is 15.7. The number of hydrogen-bond donors (Lipinski definition) is 0. The molecule has 0 radical (unpaired) electrons. The predicted molar refractivity (Wildman–Crippen MR) is 95.0 cm³/mol. The number of benzene rings is 1. The topological polar surface area (TPSA) is 72.4 Å². The number of hydrogen-bond acceptors (Lipinski definition) is 5. The molecule has 0 aliphatic carbocycles. The Hall–Kier alpha value is -3.85. The molecule has 0 bridgehead atoms. The number of rotatable bonds is 5. The summed E-state index contributed by atoms with van der Waals surface area (Å²) in [7, 11) is 0. The Kier molecular flexibility index (Phi) is 4.19. The summed E-state index contributed by atoms with van der Waals surface area (Å²) in [4.78, 5) is 8.06. The minimum Gasteiger partial charge on any atom is -0.489 e. The molecule has 3 heterocycles. The monoisotopic (exact) mass is 342 g/mol. The Labute approximate surface area is 149 Å². The second-order valence-corrected chi connectivity index (χ2v) is 5.53. The van der Waals surface area contributed by atoms with Crippen molar-refractivity contribution in [1.82, 2.24) is 14.4 Å². The summed E-state index contributed by atoms with van der Waals surface area (Å²) in [6.45, 7) is 0.288. The summed E-state index contributed by atoms with van der Waals surface area (Å²) in [5, 5.41) is 9.46. The van der Waals surface area contributed by atoms with Gasteiger partial charge in [0.25, 0.3) is 0 Å². The van der Waals surface area contributed by atoms with Crippen molar-refractivity contribution in [3.05, 3.63) is 84.4 Å². The average Bonchev–Trinajstić information content (AvgIpc) is 3.05. The van der Waals surface area contributed by atoms with Crippen LogP contribution in [0.2, 0.25) is 0 Å². The first-order valence-corrected chi connectivity index (χ1v) is 8.00. The third kappa shape index (κ3) is 3.19. The normalized spacial score (nSPS) is 10.4. The fourth-order valence-electron chi connectivity index (χ4n) is 2.65. The molecule has 0 N–H and O–H groups in total. The van der Waals surface area contributed by atoms with E-state index in [9.17, 15) is 5.26 Å². The Bertz CT molecular complexity index is 1080. The van der Waals surface area contributed by atoms with Gasteiger partial charge in [-0.2, -0.15) is 5.26 Å². The van der Waals surface area contributed by atoms with Crippen LogP contribution in [0.25, 0.3) is 5.52 Å². The molecule has 1 aromatic carbocycles. The highest BCUT2D eigenvalue weighted by Crippen LogP contribution is 2.25. The molecule has 26 heavy (non-hydrogen) atoms. The number of pyridine rings is 1. The van der Waals surface area contributed by atoms with Gasteiger partial charge in [-0.25, -0.2) is 9.97 Å². The van der Waals surface area contributed by atoms with Crippen molar-refractivity contribution in [2.75, 3.05) is 0 Å². The molecule has 4 rings (SSSR count). The second-order valence-electron chi connectivity index (χ2n) is 5.53. The van der Waals surface area contributed by atoms with Crippen molar-refractivity contribution in [1.29, 1.82) is 5.26 Å². The van der Waals surface area contributed by atoms with E-state index >= 15 is 0 Å². The molecular weight excluding hydrogens is 328 g/mol. The van der Waals surface area contributed by atoms with Crippen LogP contribution in [0.15, 0.2) is 73.3 Å². The van der Waals surface area contributed by atoms with Crippen LogP contribution in [-0.2, 0) is 6.61 Å². The first-order valence-electron chi connectivity index (χ1n) is 8.00. The van der Waals surface area contributed by atoms with Gasteiger partial charge in [0.1, 0.15) is 24.2 Å². The van der Waals surface area contributed by atoms with E-state index in [1.54, 1.807) is 30.6 Å². The summed E-state index contributed by atoms with van der Waals surface area (Å²) >= 11 is 0. The molecule has 3 aromatic heterocycles. The molecular formula is C20H14N4O2. The summed E-state index contributed by atoms with van der Waals surface area (Å²) in [6, 6.07) is 17.2. The molecule has 0 unspecified atom stereocenters. The highest BCUT2D eigenvalue weighted by atomic mass is 16.5. The number of aromatic nitrogens is 3. The minimum atomic E-state index is 0.273. The lowest BCUT2D eigenvalue weighted by Gasteiger charge is -2.08. The number of ether oxygens (including phenoxy) is 2.